The van der Waals surface area contributed by atoms with Crippen LogP contribution in [0.1, 0.15) is 29.6 Å². The molecule has 2 saturated heterocycles. The highest BCUT2D eigenvalue weighted by Crippen LogP contribution is 2.34. The predicted octanol–water partition coefficient (Wildman–Crippen LogP) is 2.48. The summed E-state index contributed by atoms with van der Waals surface area (Å²) in [5.74, 6) is -1.09. The molecule has 2 aliphatic rings. The Morgan fingerprint density at radius 2 is 2.10 bits per heavy atom. The lowest BCUT2D eigenvalue weighted by Gasteiger charge is -2.20. The molecule has 3 atom stereocenters. The number of aromatic carboxylic acids is 1. The second-order valence-corrected chi connectivity index (χ2v) is 5.78. The van der Waals surface area contributed by atoms with Gasteiger partial charge in [-0.05, 0) is 37.5 Å². The molecule has 3 rings (SSSR count). The quantitative estimate of drug-likeness (QED) is 0.800. The first-order valence-electron chi connectivity index (χ1n) is 6.78. The number of benzene rings is 1. The lowest BCUT2D eigenvalue weighted by molar-refractivity contribution is 0.0697. The van der Waals surface area contributed by atoms with Crippen molar-refractivity contribution in [3.8, 4) is 0 Å². The molecule has 1 aromatic rings. The highest BCUT2D eigenvalue weighted by Gasteiger charge is 2.41. The number of rotatable bonds is 3. The van der Waals surface area contributed by atoms with E-state index in [1.54, 1.807) is 0 Å². The van der Waals surface area contributed by atoms with Crippen molar-refractivity contribution < 1.29 is 19.4 Å². The van der Waals surface area contributed by atoms with E-state index in [0.717, 1.165) is 19.3 Å². The molecule has 7 heteroatoms. The number of nitrogens with one attached hydrogen (secondary N) is 2. The maximum absolute atomic E-state index is 12.0. The van der Waals surface area contributed by atoms with Gasteiger partial charge in [0.1, 0.15) is 0 Å². The van der Waals surface area contributed by atoms with E-state index in [9.17, 15) is 9.59 Å². The van der Waals surface area contributed by atoms with Gasteiger partial charge in [-0.3, -0.25) is 0 Å². The summed E-state index contributed by atoms with van der Waals surface area (Å²) in [6, 6.07) is 3.84. The molecule has 6 nitrogen and oxygen atoms in total. The van der Waals surface area contributed by atoms with Crippen molar-refractivity contribution in [3.05, 3.63) is 28.8 Å². The van der Waals surface area contributed by atoms with Gasteiger partial charge in [0, 0.05) is 10.7 Å². The van der Waals surface area contributed by atoms with Crippen LogP contribution in [0.5, 0.6) is 0 Å². The summed E-state index contributed by atoms with van der Waals surface area (Å²) in [5, 5.41) is 14.7. The average Bonchev–Trinajstić information content (AvgIpc) is 2.99. The monoisotopic (exact) mass is 310 g/mol. The molecule has 0 saturated carbocycles. The van der Waals surface area contributed by atoms with E-state index in [4.69, 9.17) is 21.4 Å². The Kier molecular flexibility index (Phi) is 3.73. The Balaban J connectivity index is 1.63. The summed E-state index contributed by atoms with van der Waals surface area (Å²) < 4.78 is 5.66. The molecule has 0 aliphatic carbocycles. The molecule has 2 fully saturated rings. The van der Waals surface area contributed by atoms with Crippen LogP contribution in [0.2, 0.25) is 5.02 Å². The van der Waals surface area contributed by atoms with Crippen LogP contribution in [-0.4, -0.2) is 35.4 Å². The van der Waals surface area contributed by atoms with E-state index >= 15 is 0 Å². The zero-order valence-electron chi connectivity index (χ0n) is 11.1. The van der Waals surface area contributed by atoms with Crippen LogP contribution < -0.4 is 10.6 Å². The zero-order chi connectivity index (χ0) is 15.0. The number of anilines is 1. The molecule has 0 aromatic heterocycles. The van der Waals surface area contributed by atoms with Crippen molar-refractivity contribution in [1.29, 1.82) is 0 Å². The van der Waals surface area contributed by atoms with Crippen LogP contribution in [0.25, 0.3) is 0 Å². The fourth-order valence-corrected chi connectivity index (χ4v) is 3.15. The van der Waals surface area contributed by atoms with Crippen LogP contribution in [0.15, 0.2) is 18.2 Å². The fourth-order valence-electron chi connectivity index (χ4n) is 2.91. The standard InChI is InChI=1S/C14H15ClN2O4/c15-8-3-7(13(18)19)4-9(5-8)16-14(20)17-11-6-10-1-2-12(11)21-10/h3-5,10-12H,1-2,6H2,(H,18,19)(H2,16,17,20). The second-order valence-electron chi connectivity index (χ2n) is 5.35. The van der Waals surface area contributed by atoms with E-state index in [1.165, 1.54) is 18.2 Å². The number of carbonyl (C=O) groups is 2. The van der Waals surface area contributed by atoms with Crippen molar-refractivity contribution in [1.82, 2.24) is 5.32 Å². The van der Waals surface area contributed by atoms with Crippen LogP contribution in [0.4, 0.5) is 10.5 Å². The van der Waals surface area contributed by atoms with E-state index < -0.39 is 5.97 Å². The van der Waals surface area contributed by atoms with Crippen molar-refractivity contribution in [2.24, 2.45) is 0 Å². The summed E-state index contributed by atoms with van der Waals surface area (Å²) in [5.41, 5.74) is 0.377. The summed E-state index contributed by atoms with van der Waals surface area (Å²) in [6.07, 6.45) is 3.20. The second kappa shape index (κ2) is 5.54. The summed E-state index contributed by atoms with van der Waals surface area (Å²) in [4.78, 5) is 22.9. The molecule has 1 aromatic carbocycles. The van der Waals surface area contributed by atoms with Crippen molar-refractivity contribution in [2.45, 2.75) is 37.5 Å². The molecule has 3 N–H and O–H groups in total. The highest BCUT2D eigenvalue weighted by atomic mass is 35.5. The number of ether oxygens (including phenoxy) is 1. The first kappa shape index (κ1) is 14.2. The Morgan fingerprint density at radius 1 is 1.29 bits per heavy atom. The summed E-state index contributed by atoms with van der Waals surface area (Å²) >= 11 is 5.84. The number of hydrogen-bond acceptors (Lipinski definition) is 3. The number of amides is 2. The molecular formula is C14H15ClN2O4. The number of halogens is 1. The smallest absolute Gasteiger partial charge is 0.335 e. The molecule has 21 heavy (non-hydrogen) atoms. The lowest BCUT2D eigenvalue weighted by Crippen LogP contribution is -2.43. The average molecular weight is 311 g/mol. The molecule has 3 unspecified atom stereocenters. The van der Waals surface area contributed by atoms with Crippen molar-refractivity contribution in [2.75, 3.05) is 5.32 Å². The third-order valence-electron chi connectivity index (χ3n) is 3.83. The molecule has 112 valence electrons. The van der Waals surface area contributed by atoms with Gasteiger partial charge in [0.2, 0.25) is 0 Å². The van der Waals surface area contributed by atoms with Gasteiger partial charge >= 0.3 is 12.0 Å². The molecule has 2 bridgehead atoms. The predicted molar refractivity (Wildman–Crippen MR) is 76.9 cm³/mol. The van der Waals surface area contributed by atoms with E-state index in [2.05, 4.69) is 10.6 Å². The van der Waals surface area contributed by atoms with Crippen molar-refractivity contribution in [3.63, 3.8) is 0 Å². The Morgan fingerprint density at radius 3 is 2.71 bits per heavy atom. The minimum Gasteiger partial charge on any atom is -0.478 e. The minimum atomic E-state index is -1.09. The third kappa shape index (κ3) is 3.11. The normalized spacial score (nSPS) is 26.6. The maximum atomic E-state index is 12.0. The molecule has 2 amide bonds. The van der Waals surface area contributed by atoms with E-state index in [-0.39, 0.29) is 34.9 Å². The molecule has 0 spiro atoms. The fraction of sp³-hybridized carbons (Fsp3) is 0.429. The van der Waals surface area contributed by atoms with Gasteiger partial charge < -0.3 is 20.5 Å². The Hall–Kier alpha value is -1.79. The van der Waals surface area contributed by atoms with Gasteiger partial charge in [0.25, 0.3) is 0 Å². The number of carboxylic acids is 1. The number of fused-ring (bicyclic) bond motifs is 2. The molecule has 2 heterocycles. The number of carboxylic acid groups (broad SMARTS) is 1. The number of carbonyl (C=O) groups excluding carboxylic acids is 1. The molecule has 0 radical (unpaired) electrons. The van der Waals surface area contributed by atoms with Gasteiger partial charge in [-0.25, -0.2) is 9.59 Å². The summed E-state index contributed by atoms with van der Waals surface area (Å²) in [6.45, 7) is 0. The third-order valence-corrected chi connectivity index (χ3v) is 4.04. The lowest BCUT2D eigenvalue weighted by atomic mass is 9.96. The van der Waals surface area contributed by atoms with Gasteiger partial charge in [-0.1, -0.05) is 11.6 Å². The number of hydrogen-bond donors (Lipinski definition) is 3. The van der Waals surface area contributed by atoms with E-state index in [0.29, 0.717) is 5.69 Å². The maximum Gasteiger partial charge on any atom is 0.335 e. The first-order chi connectivity index (χ1) is 10.0. The van der Waals surface area contributed by atoms with Crippen LogP contribution in [-0.2, 0) is 4.74 Å². The number of urea groups is 1. The Labute approximate surface area is 126 Å². The SMILES string of the molecule is O=C(Nc1cc(Cl)cc(C(=O)O)c1)NC1CC2CCC1O2. The van der Waals surface area contributed by atoms with Crippen LogP contribution in [0.3, 0.4) is 0 Å². The first-order valence-corrected chi connectivity index (χ1v) is 7.16. The van der Waals surface area contributed by atoms with E-state index in [1.807, 2.05) is 0 Å². The Bertz CT molecular complexity index is 592. The minimum absolute atomic E-state index is 0.0156. The topological polar surface area (TPSA) is 87.7 Å². The van der Waals surface area contributed by atoms with Crippen molar-refractivity contribution >= 4 is 29.3 Å². The van der Waals surface area contributed by atoms with Crippen LogP contribution >= 0.6 is 11.6 Å². The van der Waals surface area contributed by atoms with Gasteiger partial charge in [-0.15, -0.1) is 0 Å². The highest BCUT2D eigenvalue weighted by molar-refractivity contribution is 6.31. The van der Waals surface area contributed by atoms with Gasteiger partial charge in [0.05, 0.1) is 23.8 Å². The summed E-state index contributed by atoms with van der Waals surface area (Å²) in [7, 11) is 0. The van der Waals surface area contributed by atoms with Gasteiger partial charge in [0.15, 0.2) is 0 Å². The molecular weight excluding hydrogens is 296 g/mol. The van der Waals surface area contributed by atoms with Crippen LogP contribution in [0, 0.1) is 0 Å². The molecule has 2 aliphatic heterocycles. The largest absolute Gasteiger partial charge is 0.478 e. The zero-order valence-corrected chi connectivity index (χ0v) is 11.9. The van der Waals surface area contributed by atoms with Gasteiger partial charge in [-0.2, -0.15) is 0 Å².